The quantitative estimate of drug-likeness (QED) is 0.707. The average molecular weight is 206 g/mol. The number of ketones is 1. The van der Waals surface area contributed by atoms with E-state index in [0.29, 0.717) is 0 Å². The number of hydrogen-bond acceptors (Lipinski definition) is 3. The Hall–Kier alpha value is -1.42. The lowest BCUT2D eigenvalue weighted by Crippen LogP contribution is -1.89. The van der Waals surface area contributed by atoms with E-state index < -0.39 is 0 Å². The van der Waals surface area contributed by atoms with Crippen molar-refractivity contribution < 1.29 is 4.79 Å². The molecule has 0 bridgehead atoms. The molecule has 0 amide bonds. The molecule has 2 heterocycles. The van der Waals surface area contributed by atoms with E-state index in [1.165, 1.54) is 11.3 Å². The topological polar surface area (TPSA) is 34.9 Å². The molecular weight excluding hydrogens is 196 g/mol. The van der Waals surface area contributed by atoms with Gasteiger partial charge in [0, 0.05) is 19.3 Å². The highest BCUT2D eigenvalue weighted by Crippen LogP contribution is 2.21. The van der Waals surface area contributed by atoms with Crippen LogP contribution < -0.4 is 0 Å². The number of rotatable bonds is 2. The molecular formula is C10H10N2OS. The zero-order valence-corrected chi connectivity index (χ0v) is 8.84. The maximum Gasteiger partial charge on any atom is 0.194 e. The SMILES string of the molecule is CC(=O)c1sc(-n2cccc2)nc1C. The second-order valence-corrected chi connectivity index (χ2v) is 4.03. The van der Waals surface area contributed by atoms with Gasteiger partial charge in [0.15, 0.2) is 10.9 Å². The van der Waals surface area contributed by atoms with Crippen LogP contribution in [0.3, 0.4) is 0 Å². The summed E-state index contributed by atoms with van der Waals surface area (Å²) in [6.07, 6.45) is 3.84. The Morgan fingerprint density at radius 3 is 2.57 bits per heavy atom. The molecule has 4 heteroatoms. The smallest absolute Gasteiger partial charge is 0.194 e. The molecule has 0 aliphatic carbocycles. The molecule has 0 N–H and O–H groups in total. The van der Waals surface area contributed by atoms with Crippen molar-refractivity contribution in [3.8, 4) is 5.13 Å². The van der Waals surface area contributed by atoms with Gasteiger partial charge in [-0.2, -0.15) is 0 Å². The van der Waals surface area contributed by atoms with Crippen LogP contribution in [0.15, 0.2) is 24.5 Å². The molecule has 0 unspecified atom stereocenters. The van der Waals surface area contributed by atoms with E-state index >= 15 is 0 Å². The zero-order valence-electron chi connectivity index (χ0n) is 8.02. The summed E-state index contributed by atoms with van der Waals surface area (Å²) in [5.74, 6) is 0.0819. The molecule has 0 aliphatic heterocycles. The van der Waals surface area contributed by atoms with Gasteiger partial charge in [0.05, 0.1) is 10.6 Å². The predicted octanol–water partition coefficient (Wildman–Crippen LogP) is 2.44. The molecule has 2 rings (SSSR count). The molecule has 0 saturated heterocycles. The Morgan fingerprint density at radius 2 is 2.07 bits per heavy atom. The first-order chi connectivity index (χ1) is 6.68. The summed E-state index contributed by atoms with van der Waals surface area (Å²) in [6.45, 7) is 3.43. The Kier molecular flexibility index (Phi) is 2.21. The molecule has 0 spiro atoms. The average Bonchev–Trinajstić information content (AvgIpc) is 2.70. The second-order valence-electron chi connectivity index (χ2n) is 3.06. The van der Waals surface area contributed by atoms with Crippen molar-refractivity contribution in [2.24, 2.45) is 0 Å². The first-order valence-electron chi connectivity index (χ1n) is 4.30. The van der Waals surface area contributed by atoms with E-state index in [9.17, 15) is 4.79 Å². The van der Waals surface area contributed by atoms with Crippen LogP contribution in [0.2, 0.25) is 0 Å². The van der Waals surface area contributed by atoms with Gasteiger partial charge in [0.25, 0.3) is 0 Å². The van der Waals surface area contributed by atoms with Crippen molar-refractivity contribution in [2.45, 2.75) is 13.8 Å². The third-order valence-corrected chi connectivity index (χ3v) is 3.20. The van der Waals surface area contributed by atoms with Crippen LogP contribution in [-0.2, 0) is 0 Å². The summed E-state index contributed by atoms with van der Waals surface area (Å²) in [5, 5.41) is 0.845. The maximum atomic E-state index is 11.2. The van der Waals surface area contributed by atoms with Gasteiger partial charge in [-0.1, -0.05) is 11.3 Å². The van der Waals surface area contributed by atoms with Crippen LogP contribution in [-0.4, -0.2) is 15.3 Å². The summed E-state index contributed by atoms with van der Waals surface area (Å²) in [7, 11) is 0. The molecule has 2 aromatic heterocycles. The summed E-state index contributed by atoms with van der Waals surface area (Å²) in [6, 6.07) is 3.87. The summed E-state index contributed by atoms with van der Waals surface area (Å²) >= 11 is 1.43. The monoisotopic (exact) mass is 206 g/mol. The van der Waals surface area contributed by atoms with Crippen molar-refractivity contribution in [1.82, 2.24) is 9.55 Å². The molecule has 0 aromatic carbocycles. The Balaban J connectivity index is 2.48. The third kappa shape index (κ3) is 1.48. The fourth-order valence-electron chi connectivity index (χ4n) is 1.28. The minimum absolute atomic E-state index is 0.0819. The predicted molar refractivity (Wildman–Crippen MR) is 56.2 cm³/mol. The van der Waals surface area contributed by atoms with Gasteiger partial charge in [-0.3, -0.25) is 4.79 Å². The molecule has 0 atom stereocenters. The molecule has 0 fully saturated rings. The van der Waals surface area contributed by atoms with Crippen LogP contribution in [0.1, 0.15) is 22.3 Å². The van der Waals surface area contributed by atoms with Crippen molar-refractivity contribution >= 4 is 17.1 Å². The highest BCUT2D eigenvalue weighted by molar-refractivity contribution is 7.16. The van der Waals surface area contributed by atoms with E-state index in [1.807, 2.05) is 36.0 Å². The lowest BCUT2D eigenvalue weighted by atomic mass is 10.3. The van der Waals surface area contributed by atoms with Gasteiger partial charge in [-0.05, 0) is 19.1 Å². The molecule has 0 radical (unpaired) electrons. The van der Waals surface area contributed by atoms with Crippen molar-refractivity contribution in [3.63, 3.8) is 0 Å². The normalized spacial score (nSPS) is 10.4. The van der Waals surface area contributed by atoms with Crippen LogP contribution in [0, 0.1) is 6.92 Å². The number of carbonyl (C=O) groups is 1. The highest BCUT2D eigenvalue weighted by Gasteiger charge is 2.11. The largest absolute Gasteiger partial charge is 0.300 e. The number of carbonyl (C=O) groups excluding carboxylic acids is 1. The van der Waals surface area contributed by atoms with Crippen LogP contribution in [0.25, 0.3) is 5.13 Å². The Bertz CT molecular complexity index is 456. The number of hydrogen-bond donors (Lipinski definition) is 0. The van der Waals surface area contributed by atoms with E-state index in [1.54, 1.807) is 6.92 Å². The van der Waals surface area contributed by atoms with Gasteiger partial charge < -0.3 is 4.57 Å². The first kappa shape index (κ1) is 9.15. The van der Waals surface area contributed by atoms with Crippen molar-refractivity contribution in [1.29, 1.82) is 0 Å². The molecule has 14 heavy (non-hydrogen) atoms. The summed E-state index contributed by atoms with van der Waals surface area (Å²) < 4.78 is 1.91. The van der Waals surface area contributed by atoms with Crippen LogP contribution in [0.4, 0.5) is 0 Å². The number of thiazole rings is 1. The minimum atomic E-state index is 0.0819. The minimum Gasteiger partial charge on any atom is -0.300 e. The Labute approximate surface area is 86.0 Å². The van der Waals surface area contributed by atoms with Crippen LogP contribution in [0.5, 0.6) is 0 Å². The summed E-state index contributed by atoms with van der Waals surface area (Å²) in [4.78, 5) is 16.3. The number of aryl methyl sites for hydroxylation is 1. The lowest BCUT2D eigenvalue weighted by molar-refractivity contribution is 0.102. The van der Waals surface area contributed by atoms with Crippen molar-refractivity contribution in [2.75, 3.05) is 0 Å². The first-order valence-corrected chi connectivity index (χ1v) is 5.12. The molecule has 0 saturated carbocycles. The van der Waals surface area contributed by atoms with Crippen LogP contribution >= 0.6 is 11.3 Å². The second kappa shape index (κ2) is 3.38. The van der Waals surface area contributed by atoms with Gasteiger partial charge in [0.1, 0.15) is 0 Å². The standard InChI is InChI=1S/C10H10N2OS/c1-7-9(8(2)13)14-10(11-7)12-5-3-4-6-12/h3-6H,1-2H3. The number of aromatic nitrogens is 2. The molecule has 72 valence electrons. The lowest BCUT2D eigenvalue weighted by Gasteiger charge is -1.92. The van der Waals surface area contributed by atoms with Gasteiger partial charge in [0.2, 0.25) is 0 Å². The van der Waals surface area contributed by atoms with Gasteiger partial charge in [-0.25, -0.2) is 4.98 Å². The summed E-state index contributed by atoms with van der Waals surface area (Å²) in [5.41, 5.74) is 0.811. The number of nitrogens with zero attached hydrogens (tertiary/aromatic N) is 2. The fraction of sp³-hybridized carbons (Fsp3) is 0.200. The van der Waals surface area contributed by atoms with E-state index in [0.717, 1.165) is 15.7 Å². The zero-order chi connectivity index (χ0) is 10.1. The van der Waals surface area contributed by atoms with Gasteiger partial charge in [-0.15, -0.1) is 0 Å². The van der Waals surface area contributed by atoms with Gasteiger partial charge >= 0.3 is 0 Å². The molecule has 0 aliphatic rings. The van der Waals surface area contributed by atoms with E-state index in [2.05, 4.69) is 4.98 Å². The van der Waals surface area contributed by atoms with E-state index in [-0.39, 0.29) is 5.78 Å². The fourth-order valence-corrected chi connectivity index (χ4v) is 2.21. The van der Waals surface area contributed by atoms with E-state index in [4.69, 9.17) is 0 Å². The highest BCUT2D eigenvalue weighted by atomic mass is 32.1. The molecule has 2 aromatic rings. The number of Topliss-reactive ketones (excluding diaryl/α,β-unsaturated/α-hetero) is 1. The third-order valence-electron chi connectivity index (χ3n) is 1.93. The molecule has 3 nitrogen and oxygen atoms in total. The Morgan fingerprint density at radius 1 is 1.43 bits per heavy atom. The van der Waals surface area contributed by atoms with Crippen molar-refractivity contribution in [3.05, 3.63) is 35.1 Å². The maximum absolute atomic E-state index is 11.2.